The summed E-state index contributed by atoms with van der Waals surface area (Å²) in [5.74, 6) is -0.279. The van der Waals surface area contributed by atoms with E-state index in [2.05, 4.69) is 33.2 Å². The van der Waals surface area contributed by atoms with Crippen LogP contribution in [-0.4, -0.2) is 49.0 Å². The van der Waals surface area contributed by atoms with E-state index >= 15 is 0 Å². The van der Waals surface area contributed by atoms with Crippen LogP contribution >= 0.6 is 11.3 Å². The van der Waals surface area contributed by atoms with Crippen molar-refractivity contribution >= 4 is 28.6 Å². The molecule has 2 heterocycles. The normalized spacial score (nSPS) is 15.0. The lowest BCUT2D eigenvalue weighted by atomic mass is 10.1. The lowest BCUT2D eigenvalue weighted by Gasteiger charge is -2.34. The van der Waals surface area contributed by atoms with Crippen LogP contribution in [0.15, 0.2) is 42.5 Å². The highest BCUT2D eigenvalue weighted by Crippen LogP contribution is 2.33. The zero-order valence-electron chi connectivity index (χ0n) is 18.7. The summed E-state index contributed by atoms with van der Waals surface area (Å²) >= 11 is 1.17. The number of piperazine rings is 1. The van der Waals surface area contributed by atoms with Gasteiger partial charge in [0.1, 0.15) is 9.88 Å². The van der Waals surface area contributed by atoms with Gasteiger partial charge in [-0.2, -0.15) is 13.2 Å². The van der Waals surface area contributed by atoms with Crippen molar-refractivity contribution in [2.24, 2.45) is 0 Å². The molecule has 1 aliphatic heterocycles. The molecule has 0 spiro atoms. The van der Waals surface area contributed by atoms with E-state index in [1.165, 1.54) is 23.5 Å². The zero-order valence-corrected chi connectivity index (χ0v) is 19.5. The molecule has 4 rings (SSSR count). The molecule has 33 heavy (non-hydrogen) atoms. The van der Waals surface area contributed by atoms with Crippen molar-refractivity contribution in [3.63, 3.8) is 0 Å². The highest BCUT2D eigenvalue weighted by molar-refractivity contribution is 7.17. The molecule has 0 aliphatic carbocycles. The Morgan fingerprint density at radius 3 is 2.30 bits per heavy atom. The first-order valence-corrected chi connectivity index (χ1v) is 11.4. The summed E-state index contributed by atoms with van der Waals surface area (Å²) < 4.78 is 38.4. The number of anilines is 2. The van der Waals surface area contributed by atoms with Crippen LogP contribution in [0.1, 0.15) is 26.5 Å². The number of rotatable bonds is 4. The molecule has 0 saturated carbocycles. The first-order valence-electron chi connectivity index (χ1n) is 10.6. The lowest BCUT2D eigenvalue weighted by Crippen LogP contribution is -2.44. The number of thiazole rings is 1. The average molecular weight is 475 g/mol. The summed E-state index contributed by atoms with van der Waals surface area (Å²) in [5, 5.41) is 3.46. The standard InChI is InChI=1S/C24H25F3N4OS/c1-15-14-19(31-12-10-30(3)11-13-31)8-9-20(15)29-22(32)21-16(2)28-23(33-21)17-4-6-18(7-5-17)24(25,26)27/h4-9,14H,10-13H2,1-3H3,(H,29,32). The molecule has 0 radical (unpaired) electrons. The molecule has 174 valence electrons. The van der Waals surface area contributed by atoms with Crippen molar-refractivity contribution in [3.05, 3.63) is 64.2 Å². The van der Waals surface area contributed by atoms with Crippen LogP contribution in [0.25, 0.3) is 10.6 Å². The summed E-state index contributed by atoms with van der Waals surface area (Å²) in [6.45, 7) is 7.65. The molecule has 3 aromatic rings. The molecular formula is C24H25F3N4OS. The second kappa shape index (κ2) is 9.15. The van der Waals surface area contributed by atoms with Gasteiger partial charge in [0.05, 0.1) is 11.3 Å². The maximum absolute atomic E-state index is 12.9. The van der Waals surface area contributed by atoms with Gasteiger partial charge in [0.15, 0.2) is 0 Å². The second-order valence-electron chi connectivity index (χ2n) is 8.25. The maximum atomic E-state index is 12.9. The number of halogens is 3. The molecule has 1 aromatic heterocycles. The second-order valence-corrected chi connectivity index (χ2v) is 9.25. The summed E-state index contributed by atoms with van der Waals surface area (Å²) in [6.07, 6.45) is -4.39. The van der Waals surface area contributed by atoms with Gasteiger partial charge in [-0.15, -0.1) is 11.3 Å². The van der Waals surface area contributed by atoms with E-state index in [-0.39, 0.29) is 5.91 Å². The minimum atomic E-state index is -4.39. The van der Waals surface area contributed by atoms with Crippen molar-refractivity contribution < 1.29 is 18.0 Å². The number of aryl methyl sites for hydroxylation is 2. The van der Waals surface area contributed by atoms with Crippen molar-refractivity contribution in [1.29, 1.82) is 0 Å². The number of aromatic nitrogens is 1. The third-order valence-corrected chi connectivity index (χ3v) is 6.99. The van der Waals surface area contributed by atoms with Crippen LogP contribution < -0.4 is 10.2 Å². The smallest absolute Gasteiger partial charge is 0.369 e. The molecule has 1 amide bonds. The van der Waals surface area contributed by atoms with Crippen LogP contribution in [0.2, 0.25) is 0 Å². The zero-order chi connectivity index (χ0) is 23.8. The van der Waals surface area contributed by atoms with Crippen LogP contribution in [0.5, 0.6) is 0 Å². The Hall–Kier alpha value is -2.91. The van der Waals surface area contributed by atoms with Crippen molar-refractivity contribution in [2.75, 3.05) is 43.4 Å². The molecule has 1 saturated heterocycles. The number of likely N-dealkylation sites (N-methyl/N-ethyl adjacent to an activating group) is 1. The van der Waals surface area contributed by atoms with E-state index in [0.717, 1.165) is 55.2 Å². The molecule has 1 aliphatic rings. The number of nitrogens with zero attached hydrogens (tertiary/aromatic N) is 3. The number of amides is 1. The van der Waals surface area contributed by atoms with E-state index in [1.54, 1.807) is 6.92 Å². The molecule has 0 bridgehead atoms. The first-order chi connectivity index (χ1) is 15.6. The summed E-state index contributed by atoms with van der Waals surface area (Å²) in [5.41, 5.74) is 3.19. The van der Waals surface area contributed by atoms with Crippen LogP contribution in [0.3, 0.4) is 0 Å². The van der Waals surface area contributed by atoms with Crippen LogP contribution in [0.4, 0.5) is 24.5 Å². The van der Waals surface area contributed by atoms with Crippen LogP contribution in [-0.2, 0) is 6.18 Å². The number of carbonyl (C=O) groups is 1. The van der Waals surface area contributed by atoms with Gasteiger partial charge in [-0.3, -0.25) is 4.79 Å². The number of hydrogen-bond donors (Lipinski definition) is 1. The fourth-order valence-electron chi connectivity index (χ4n) is 3.76. The number of benzene rings is 2. The summed E-state index contributed by atoms with van der Waals surface area (Å²) in [7, 11) is 2.12. The highest BCUT2D eigenvalue weighted by Gasteiger charge is 2.30. The molecule has 5 nitrogen and oxygen atoms in total. The Labute approximate surface area is 194 Å². The molecule has 2 aromatic carbocycles. The molecule has 1 fully saturated rings. The van der Waals surface area contributed by atoms with Gasteiger partial charge >= 0.3 is 6.18 Å². The number of alkyl halides is 3. The van der Waals surface area contributed by atoms with Gasteiger partial charge in [0, 0.05) is 43.1 Å². The fourth-order valence-corrected chi connectivity index (χ4v) is 4.73. The monoisotopic (exact) mass is 474 g/mol. The average Bonchev–Trinajstić information content (AvgIpc) is 3.17. The number of carbonyl (C=O) groups excluding carboxylic acids is 1. The Morgan fingerprint density at radius 1 is 1.03 bits per heavy atom. The molecule has 0 atom stereocenters. The third-order valence-electron chi connectivity index (χ3n) is 5.79. The molecular weight excluding hydrogens is 449 g/mol. The largest absolute Gasteiger partial charge is 0.416 e. The van der Waals surface area contributed by atoms with E-state index in [0.29, 0.717) is 21.1 Å². The van der Waals surface area contributed by atoms with Gasteiger partial charge in [0.25, 0.3) is 5.91 Å². The minimum absolute atomic E-state index is 0.279. The van der Waals surface area contributed by atoms with Gasteiger partial charge in [-0.25, -0.2) is 4.98 Å². The minimum Gasteiger partial charge on any atom is -0.369 e. The Bertz CT molecular complexity index is 1150. The predicted octanol–water partition coefficient (Wildman–Crippen LogP) is 5.45. The topological polar surface area (TPSA) is 48.5 Å². The Morgan fingerprint density at radius 2 is 1.70 bits per heavy atom. The first kappa shape index (κ1) is 23.3. The van der Waals surface area contributed by atoms with Gasteiger partial charge < -0.3 is 15.1 Å². The van der Waals surface area contributed by atoms with Gasteiger partial charge in [-0.1, -0.05) is 12.1 Å². The molecule has 9 heteroatoms. The van der Waals surface area contributed by atoms with E-state index in [4.69, 9.17) is 0 Å². The summed E-state index contributed by atoms with van der Waals surface area (Å²) in [4.78, 5) is 22.4. The molecule has 0 unspecified atom stereocenters. The molecule has 1 N–H and O–H groups in total. The number of nitrogens with one attached hydrogen (secondary N) is 1. The van der Waals surface area contributed by atoms with E-state index < -0.39 is 11.7 Å². The Balaban J connectivity index is 1.48. The predicted molar refractivity (Wildman–Crippen MR) is 126 cm³/mol. The third kappa shape index (κ3) is 5.20. The summed E-state index contributed by atoms with van der Waals surface area (Å²) in [6, 6.07) is 10.8. The van der Waals surface area contributed by atoms with Crippen molar-refractivity contribution in [1.82, 2.24) is 9.88 Å². The lowest BCUT2D eigenvalue weighted by molar-refractivity contribution is -0.137. The van der Waals surface area contributed by atoms with Crippen molar-refractivity contribution in [3.8, 4) is 10.6 Å². The quantitative estimate of drug-likeness (QED) is 0.546. The number of hydrogen-bond acceptors (Lipinski definition) is 5. The van der Waals surface area contributed by atoms with Gasteiger partial charge in [-0.05, 0) is 56.8 Å². The maximum Gasteiger partial charge on any atom is 0.416 e. The highest BCUT2D eigenvalue weighted by atomic mass is 32.1. The fraction of sp³-hybridized carbons (Fsp3) is 0.333. The van der Waals surface area contributed by atoms with E-state index in [9.17, 15) is 18.0 Å². The SMILES string of the molecule is Cc1cc(N2CCN(C)CC2)ccc1NC(=O)c1sc(-c2ccc(C(F)(F)F)cc2)nc1C. The Kier molecular flexibility index (Phi) is 6.45. The van der Waals surface area contributed by atoms with Gasteiger partial charge in [0.2, 0.25) is 0 Å². The van der Waals surface area contributed by atoms with E-state index in [1.807, 2.05) is 19.1 Å². The van der Waals surface area contributed by atoms with Crippen LogP contribution in [0, 0.1) is 13.8 Å². The van der Waals surface area contributed by atoms with Crippen molar-refractivity contribution in [2.45, 2.75) is 20.0 Å².